The topological polar surface area (TPSA) is 79.3 Å². The lowest BCUT2D eigenvalue weighted by atomic mass is 10.1. The van der Waals surface area contributed by atoms with Gasteiger partial charge >= 0.3 is 0 Å². The van der Waals surface area contributed by atoms with Crippen molar-refractivity contribution in [3.63, 3.8) is 0 Å². The van der Waals surface area contributed by atoms with Crippen molar-refractivity contribution in [2.24, 2.45) is 5.73 Å². The van der Waals surface area contributed by atoms with E-state index in [1.165, 1.54) is 12.8 Å². The number of nitriles is 1. The molecule has 1 heterocycles. The Bertz CT molecular complexity index is 499. The number of rotatable bonds is 5. The third-order valence-electron chi connectivity index (χ3n) is 3.71. The van der Waals surface area contributed by atoms with Crippen LogP contribution in [-0.4, -0.2) is 30.5 Å². The average molecular weight is 287 g/mol. The van der Waals surface area contributed by atoms with Crippen molar-refractivity contribution in [2.75, 3.05) is 19.7 Å². The molecular weight excluding hydrogens is 266 g/mol. The van der Waals surface area contributed by atoms with Crippen LogP contribution >= 0.6 is 0 Å². The highest BCUT2D eigenvalue weighted by Crippen LogP contribution is 2.25. The Morgan fingerprint density at radius 1 is 1.24 bits per heavy atom. The summed E-state index contributed by atoms with van der Waals surface area (Å²) in [5.74, 6) is 0.0867. The van der Waals surface area contributed by atoms with Gasteiger partial charge < -0.3 is 10.5 Å². The van der Waals surface area contributed by atoms with Gasteiger partial charge in [0.2, 0.25) is 0 Å². The van der Waals surface area contributed by atoms with Gasteiger partial charge in [-0.25, -0.2) is 0 Å². The molecule has 1 fully saturated rings. The van der Waals surface area contributed by atoms with Crippen LogP contribution in [0.4, 0.5) is 0 Å². The normalized spacial score (nSPS) is 17.5. The number of hydrogen-bond donors (Lipinski definition) is 1. The Morgan fingerprint density at radius 3 is 2.38 bits per heavy atom. The van der Waals surface area contributed by atoms with E-state index >= 15 is 0 Å². The first-order chi connectivity index (χ1) is 10.2. The fourth-order valence-electron chi connectivity index (χ4n) is 2.62. The van der Waals surface area contributed by atoms with Crippen molar-refractivity contribution in [1.82, 2.24) is 4.90 Å². The van der Waals surface area contributed by atoms with Crippen LogP contribution in [0.1, 0.15) is 37.3 Å². The van der Waals surface area contributed by atoms with Crippen molar-refractivity contribution in [3.05, 3.63) is 29.8 Å². The Balaban J connectivity index is 2.04. The van der Waals surface area contributed by atoms with E-state index in [4.69, 9.17) is 10.5 Å². The average Bonchev–Trinajstić information content (AvgIpc) is 2.76. The molecular formula is C16H21N3O2. The Labute approximate surface area is 125 Å². The van der Waals surface area contributed by atoms with Crippen LogP contribution < -0.4 is 10.5 Å². The van der Waals surface area contributed by atoms with Gasteiger partial charge in [-0.15, -0.1) is 0 Å². The van der Waals surface area contributed by atoms with Gasteiger partial charge in [0.05, 0.1) is 6.07 Å². The SMILES string of the molecule is N#CC(c1ccc(OCC(N)=O)cc1)N1CCCCCC1. The number of amides is 1. The van der Waals surface area contributed by atoms with Crippen LogP contribution in [0.25, 0.3) is 0 Å². The van der Waals surface area contributed by atoms with E-state index in [0.717, 1.165) is 31.5 Å². The van der Waals surface area contributed by atoms with Crippen molar-refractivity contribution in [2.45, 2.75) is 31.7 Å². The lowest BCUT2D eigenvalue weighted by molar-refractivity contribution is -0.119. The molecule has 0 radical (unpaired) electrons. The zero-order valence-corrected chi connectivity index (χ0v) is 12.1. The van der Waals surface area contributed by atoms with E-state index in [1.807, 2.05) is 12.1 Å². The van der Waals surface area contributed by atoms with Crippen molar-refractivity contribution in [1.29, 1.82) is 5.26 Å². The molecule has 1 aliphatic rings. The Hall–Kier alpha value is -2.06. The quantitative estimate of drug-likeness (QED) is 0.898. The maximum absolute atomic E-state index is 10.7. The molecule has 112 valence electrons. The summed E-state index contributed by atoms with van der Waals surface area (Å²) in [5.41, 5.74) is 6.00. The summed E-state index contributed by atoms with van der Waals surface area (Å²) in [4.78, 5) is 12.9. The van der Waals surface area contributed by atoms with Crippen LogP contribution in [0.5, 0.6) is 5.75 Å². The molecule has 1 aromatic carbocycles. The van der Waals surface area contributed by atoms with E-state index in [2.05, 4.69) is 11.0 Å². The lowest BCUT2D eigenvalue weighted by Gasteiger charge is -2.25. The van der Waals surface area contributed by atoms with Gasteiger partial charge in [0.15, 0.2) is 6.61 Å². The molecule has 0 spiro atoms. The largest absolute Gasteiger partial charge is 0.484 e. The zero-order chi connectivity index (χ0) is 15.1. The molecule has 0 aliphatic carbocycles. The third kappa shape index (κ3) is 4.47. The first-order valence-corrected chi connectivity index (χ1v) is 7.35. The highest BCUT2D eigenvalue weighted by molar-refractivity contribution is 5.75. The molecule has 0 saturated carbocycles. The van der Waals surface area contributed by atoms with E-state index in [0.29, 0.717) is 5.75 Å². The second-order valence-corrected chi connectivity index (χ2v) is 5.31. The predicted molar refractivity (Wildman–Crippen MR) is 79.5 cm³/mol. The number of nitrogens with two attached hydrogens (primary N) is 1. The molecule has 0 bridgehead atoms. The van der Waals surface area contributed by atoms with E-state index < -0.39 is 5.91 Å². The summed E-state index contributed by atoms with van der Waals surface area (Å²) in [7, 11) is 0. The molecule has 21 heavy (non-hydrogen) atoms. The maximum Gasteiger partial charge on any atom is 0.255 e. The smallest absolute Gasteiger partial charge is 0.255 e. The molecule has 1 aliphatic heterocycles. The monoisotopic (exact) mass is 287 g/mol. The Kier molecular flexibility index (Phi) is 5.59. The first kappa shape index (κ1) is 15.3. The summed E-state index contributed by atoms with van der Waals surface area (Å²) >= 11 is 0. The summed E-state index contributed by atoms with van der Waals surface area (Å²) < 4.78 is 5.23. The summed E-state index contributed by atoms with van der Waals surface area (Å²) in [6.07, 6.45) is 4.79. The van der Waals surface area contributed by atoms with Gasteiger partial charge in [0, 0.05) is 0 Å². The number of likely N-dealkylation sites (tertiary alicyclic amines) is 1. The number of ether oxygens (including phenoxy) is 1. The fraction of sp³-hybridized carbons (Fsp3) is 0.500. The van der Waals surface area contributed by atoms with Crippen molar-refractivity contribution >= 4 is 5.91 Å². The number of benzene rings is 1. The minimum Gasteiger partial charge on any atom is -0.484 e. The summed E-state index contributed by atoms with van der Waals surface area (Å²) in [5, 5.41) is 9.48. The molecule has 1 aromatic rings. The molecule has 2 rings (SSSR count). The third-order valence-corrected chi connectivity index (χ3v) is 3.71. The minimum atomic E-state index is -0.501. The summed E-state index contributed by atoms with van der Waals surface area (Å²) in [6, 6.07) is 9.51. The molecule has 1 atom stereocenters. The van der Waals surface area contributed by atoms with Crippen LogP contribution in [0.3, 0.4) is 0 Å². The van der Waals surface area contributed by atoms with Gasteiger partial charge in [0.1, 0.15) is 11.8 Å². The molecule has 5 nitrogen and oxygen atoms in total. The van der Waals surface area contributed by atoms with Crippen molar-refractivity contribution in [3.8, 4) is 11.8 Å². The first-order valence-electron chi connectivity index (χ1n) is 7.35. The number of carbonyl (C=O) groups excluding carboxylic acids is 1. The molecule has 1 amide bonds. The molecule has 2 N–H and O–H groups in total. The van der Waals surface area contributed by atoms with Gasteiger partial charge in [-0.05, 0) is 43.6 Å². The second kappa shape index (κ2) is 7.65. The number of nitrogens with zero attached hydrogens (tertiary/aromatic N) is 2. The van der Waals surface area contributed by atoms with Gasteiger partial charge in [-0.2, -0.15) is 5.26 Å². The molecule has 0 aromatic heterocycles. The minimum absolute atomic E-state index is 0.132. The maximum atomic E-state index is 10.7. The van der Waals surface area contributed by atoms with Crippen molar-refractivity contribution < 1.29 is 9.53 Å². The van der Waals surface area contributed by atoms with Crippen LogP contribution in [0, 0.1) is 11.3 Å². The fourth-order valence-corrected chi connectivity index (χ4v) is 2.62. The van der Waals surface area contributed by atoms with E-state index in [1.54, 1.807) is 12.1 Å². The van der Waals surface area contributed by atoms with Gasteiger partial charge in [-0.1, -0.05) is 25.0 Å². The predicted octanol–water partition coefficient (Wildman–Crippen LogP) is 1.99. The highest BCUT2D eigenvalue weighted by atomic mass is 16.5. The Morgan fingerprint density at radius 2 is 1.86 bits per heavy atom. The summed E-state index contributed by atoms with van der Waals surface area (Å²) in [6.45, 7) is 1.81. The second-order valence-electron chi connectivity index (χ2n) is 5.31. The molecule has 1 unspecified atom stereocenters. The van der Waals surface area contributed by atoms with Crippen LogP contribution in [-0.2, 0) is 4.79 Å². The number of primary amides is 1. The lowest BCUT2D eigenvalue weighted by Crippen LogP contribution is -2.28. The van der Waals surface area contributed by atoms with Crippen LogP contribution in [0.2, 0.25) is 0 Å². The van der Waals surface area contributed by atoms with Gasteiger partial charge in [0.25, 0.3) is 5.91 Å². The van der Waals surface area contributed by atoms with Gasteiger partial charge in [-0.3, -0.25) is 9.69 Å². The molecule has 1 saturated heterocycles. The highest BCUT2D eigenvalue weighted by Gasteiger charge is 2.20. The molecule has 5 heteroatoms. The van der Waals surface area contributed by atoms with Crippen LogP contribution in [0.15, 0.2) is 24.3 Å². The van der Waals surface area contributed by atoms with E-state index in [9.17, 15) is 10.1 Å². The van der Waals surface area contributed by atoms with E-state index in [-0.39, 0.29) is 12.6 Å². The zero-order valence-electron chi connectivity index (χ0n) is 12.1. The number of carbonyl (C=O) groups is 1. The number of hydrogen-bond acceptors (Lipinski definition) is 4. The standard InChI is InChI=1S/C16H21N3O2/c17-11-15(19-9-3-1-2-4-10-19)13-5-7-14(8-6-13)21-12-16(18)20/h5-8,15H,1-4,9-10,12H2,(H2,18,20).